The summed E-state index contributed by atoms with van der Waals surface area (Å²) in [6, 6.07) is 8.06. The molecule has 0 radical (unpaired) electrons. The topological polar surface area (TPSA) is 54.0 Å². The molecule has 6 heteroatoms. The van der Waals surface area contributed by atoms with Gasteiger partial charge in [-0.25, -0.2) is 9.37 Å². The van der Waals surface area contributed by atoms with Crippen molar-refractivity contribution in [2.24, 2.45) is 0 Å². The van der Waals surface area contributed by atoms with Gasteiger partial charge in [-0.1, -0.05) is 17.7 Å². The monoisotopic (exact) mass is 279 g/mol. The van der Waals surface area contributed by atoms with Gasteiger partial charge in [-0.2, -0.15) is 0 Å². The summed E-state index contributed by atoms with van der Waals surface area (Å²) in [5.74, 6) is -0.644. The number of nitrogens with one attached hydrogen (secondary N) is 2. The van der Waals surface area contributed by atoms with Gasteiger partial charge >= 0.3 is 0 Å². The maximum Gasteiger partial charge on any atom is 0.221 e. The van der Waals surface area contributed by atoms with Crippen LogP contribution in [0.3, 0.4) is 0 Å². The van der Waals surface area contributed by atoms with Gasteiger partial charge in [0, 0.05) is 24.5 Å². The van der Waals surface area contributed by atoms with Crippen molar-refractivity contribution < 1.29 is 9.18 Å². The van der Waals surface area contributed by atoms with Crippen molar-refractivity contribution in [2.75, 3.05) is 10.6 Å². The Bertz CT molecular complexity index is 619. The highest BCUT2D eigenvalue weighted by atomic mass is 35.5. The lowest BCUT2D eigenvalue weighted by molar-refractivity contribution is -0.114. The molecule has 0 aliphatic heterocycles. The molecule has 1 heterocycles. The number of carbonyl (C=O) groups is 1. The summed E-state index contributed by atoms with van der Waals surface area (Å²) in [5, 5.41) is 5.69. The molecular formula is C13H11ClFN3O. The third-order valence-electron chi connectivity index (χ3n) is 2.25. The molecule has 19 heavy (non-hydrogen) atoms. The van der Waals surface area contributed by atoms with E-state index in [-0.39, 0.29) is 16.7 Å². The molecule has 1 aromatic carbocycles. The predicted molar refractivity (Wildman–Crippen MR) is 73.2 cm³/mol. The molecule has 0 saturated heterocycles. The Morgan fingerprint density at radius 2 is 2.05 bits per heavy atom. The molecule has 0 fully saturated rings. The standard InChI is InChI=1S/C13H11ClFN3O/c1-8(19)17-10-3-2-4-11(6-10)18-13-12(15)5-9(14)7-16-13/h2-7H,1H3,(H,16,18)(H,17,19). The molecule has 0 bridgehead atoms. The van der Waals surface area contributed by atoms with Crippen LogP contribution in [0, 0.1) is 5.82 Å². The fourth-order valence-corrected chi connectivity index (χ4v) is 1.67. The number of halogens is 2. The van der Waals surface area contributed by atoms with Crippen LogP contribution in [0.1, 0.15) is 6.92 Å². The molecule has 0 spiro atoms. The average molecular weight is 280 g/mol. The molecule has 1 amide bonds. The first-order chi connectivity index (χ1) is 9.04. The number of benzene rings is 1. The van der Waals surface area contributed by atoms with Gasteiger partial charge in [-0.15, -0.1) is 0 Å². The first kappa shape index (κ1) is 13.3. The average Bonchev–Trinajstić information content (AvgIpc) is 2.32. The van der Waals surface area contributed by atoms with E-state index in [1.54, 1.807) is 24.3 Å². The lowest BCUT2D eigenvalue weighted by Gasteiger charge is -2.08. The number of pyridine rings is 1. The highest BCUT2D eigenvalue weighted by Gasteiger charge is 2.05. The molecule has 98 valence electrons. The molecule has 0 aliphatic rings. The zero-order chi connectivity index (χ0) is 13.8. The number of carbonyl (C=O) groups excluding carboxylic acids is 1. The van der Waals surface area contributed by atoms with E-state index < -0.39 is 5.82 Å². The Balaban J connectivity index is 2.21. The summed E-state index contributed by atoms with van der Waals surface area (Å²) in [4.78, 5) is 14.8. The summed E-state index contributed by atoms with van der Waals surface area (Å²) in [7, 11) is 0. The van der Waals surface area contributed by atoms with E-state index >= 15 is 0 Å². The van der Waals surface area contributed by atoms with Crippen LogP contribution in [0.15, 0.2) is 36.5 Å². The van der Waals surface area contributed by atoms with Gasteiger partial charge in [0.25, 0.3) is 0 Å². The number of hydrogen-bond donors (Lipinski definition) is 2. The van der Waals surface area contributed by atoms with Crippen molar-refractivity contribution in [1.82, 2.24) is 4.98 Å². The van der Waals surface area contributed by atoms with E-state index in [0.717, 1.165) is 0 Å². The SMILES string of the molecule is CC(=O)Nc1cccc(Nc2ncc(Cl)cc2F)c1. The number of amides is 1. The van der Waals surface area contributed by atoms with E-state index in [0.29, 0.717) is 11.4 Å². The summed E-state index contributed by atoms with van der Waals surface area (Å²) >= 11 is 5.62. The van der Waals surface area contributed by atoms with E-state index in [2.05, 4.69) is 15.6 Å². The molecule has 0 saturated carbocycles. The third kappa shape index (κ3) is 3.66. The van der Waals surface area contributed by atoms with Crippen LogP contribution in [0.5, 0.6) is 0 Å². The second-order valence-electron chi connectivity index (χ2n) is 3.87. The van der Waals surface area contributed by atoms with Crippen molar-refractivity contribution in [1.29, 1.82) is 0 Å². The summed E-state index contributed by atoms with van der Waals surface area (Å²) in [5.41, 5.74) is 1.23. The van der Waals surface area contributed by atoms with Gasteiger partial charge in [0.2, 0.25) is 5.91 Å². The van der Waals surface area contributed by atoms with Gasteiger partial charge in [0.05, 0.1) is 5.02 Å². The highest BCUT2D eigenvalue weighted by molar-refractivity contribution is 6.30. The van der Waals surface area contributed by atoms with E-state index in [4.69, 9.17) is 11.6 Å². The molecule has 2 aromatic rings. The Morgan fingerprint density at radius 1 is 1.32 bits per heavy atom. The highest BCUT2D eigenvalue weighted by Crippen LogP contribution is 2.22. The Morgan fingerprint density at radius 3 is 2.74 bits per heavy atom. The number of anilines is 3. The zero-order valence-electron chi connectivity index (χ0n) is 10.1. The van der Waals surface area contributed by atoms with E-state index in [1.807, 2.05) is 0 Å². The van der Waals surface area contributed by atoms with E-state index in [9.17, 15) is 9.18 Å². The number of rotatable bonds is 3. The van der Waals surface area contributed by atoms with Gasteiger partial charge in [-0.3, -0.25) is 4.79 Å². The lowest BCUT2D eigenvalue weighted by Crippen LogP contribution is -2.06. The van der Waals surface area contributed by atoms with Crippen molar-refractivity contribution >= 4 is 34.7 Å². The van der Waals surface area contributed by atoms with Crippen LogP contribution in [-0.4, -0.2) is 10.9 Å². The second-order valence-corrected chi connectivity index (χ2v) is 4.31. The van der Waals surface area contributed by atoms with Gasteiger partial charge in [0.15, 0.2) is 11.6 Å². The molecule has 0 aliphatic carbocycles. The molecule has 1 aromatic heterocycles. The van der Waals surface area contributed by atoms with Crippen LogP contribution < -0.4 is 10.6 Å². The minimum Gasteiger partial charge on any atom is -0.338 e. The summed E-state index contributed by atoms with van der Waals surface area (Å²) in [6.45, 7) is 1.42. The molecule has 4 nitrogen and oxygen atoms in total. The van der Waals surface area contributed by atoms with Gasteiger partial charge < -0.3 is 10.6 Å². The minimum absolute atomic E-state index is 0.0735. The first-order valence-corrected chi connectivity index (χ1v) is 5.88. The largest absolute Gasteiger partial charge is 0.338 e. The second kappa shape index (κ2) is 5.67. The minimum atomic E-state index is -0.544. The van der Waals surface area contributed by atoms with Crippen molar-refractivity contribution in [3.05, 3.63) is 47.4 Å². The molecule has 0 atom stereocenters. The number of aromatic nitrogens is 1. The number of nitrogens with zero attached hydrogens (tertiary/aromatic N) is 1. The van der Waals surface area contributed by atoms with Crippen LogP contribution >= 0.6 is 11.6 Å². The van der Waals surface area contributed by atoms with Gasteiger partial charge in [-0.05, 0) is 24.3 Å². The Labute approximate surface area is 114 Å². The fraction of sp³-hybridized carbons (Fsp3) is 0.0769. The van der Waals surface area contributed by atoms with Crippen molar-refractivity contribution in [2.45, 2.75) is 6.92 Å². The molecular weight excluding hydrogens is 269 g/mol. The smallest absolute Gasteiger partial charge is 0.221 e. The lowest BCUT2D eigenvalue weighted by atomic mass is 10.2. The quantitative estimate of drug-likeness (QED) is 0.903. The Hall–Kier alpha value is -2.14. The van der Waals surface area contributed by atoms with Crippen LogP contribution in [0.4, 0.5) is 21.6 Å². The van der Waals surface area contributed by atoms with Crippen LogP contribution in [0.2, 0.25) is 5.02 Å². The normalized spacial score (nSPS) is 10.1. The van der Waals surface area contributed by atoms with E-state index in [1.165, 1.54) is 19.2 Å². The van der Waals surface area contributed by atoms with Gasteiger partial charge in [0.1, 0.15) is 0 Å². The number of hydrogen-bond acceptors (Lipinski definition) is 3. The van der Waals surface area contributed by atoms with Crippen LogP contribution in [0.25, 0.3) is 0 Å². The third-order valence-corrected chi connectivity index (χ3v) is 2.46. The maximum atomic E-state index is 13.6. The maximum absolute atomic E-state index is 13.6. The molecule has 2 rings (SSSR count). The zero-order valence-corrected chi connectivity index (χ0v) is 10.8. The van der Waals surface area contributed by atoms with Crippen molar-refractivity contribution in [3.8, 4) is 0 Å². The molecule has 0 unspecified atom stereocenters. The summed E-state index contributed by atoms with van der Waals surface area (Å²) < 4.78 is 13.6. The fourth-order valence-electron chi connectivity index (χ4n) is 1.52. The first-order valence-electron chi connectivity index (χ1n) is 5.50. The van der Waals surface area contributed by atoms with Crippen molar-refractivity contribution in [3.63, 3.8) is 0 Å². The molecule has 2 N–H and O–H groups in total. The summed E-state index contributed by atoms with van der Waals surface area (Å²) in [6.07, 6.45) is 1.35. The van der Waals surface area contributed by atoms with Crippen LogP contribution in [-0.2, 0) is 4.79 Å². The Kier molecular flexibility index (Phi) is 3.97. The predicted octanol–water partition coefficient (Wildman–Crippen LogP) is 3.58.